The molecule has 2 heterocycles. The Hall–Kier alpha value is -1.95. The van der Waals surface area contributed by atoms with Gasteiger partial charge in [-0.05, 0) is 25.0 Å². The van der Waals surface area contributed by atoms with Crippen LogP contribution < -0.4 is 5.73 Å². The zero-order valence-electron chi connectivity index (χ0n) is 11.5. The summed E-state index contributed by atoms with van der Waals surface area (Å²) in [6.45, 7) is 0. The van der Waals surface area contributed by atoms with Gasteiger partial charge < -0.3 is 15.0 Å². The summed E-state index contributed by atoms with van der Waals surface area (Å²) in [6, 6.07) is 5.33. The molecule has 0 bridgehead atoms. The third kappa shape index (κ3) is 2.27. The van der Waals surface area contributed by atoms with Crippen LogP contribution in [-0.4, -0.2) is 22.2 Å². The van der Waals surface area contributed by atoms with Crippen molar-refractivity contribution < 1.29 is 9.26 Å². The maximum absolute atomic E-state index is 5.71. The fourth-order valence-electron chi connectivity index (χ4n) is 2.73. The first-order chi connectivity index (χ1) is 9.73. The lowest BCUT2D eigenvalue weighted by Gasteiger charge is -2.32. The van der Waals surface area contributed by atoms with Crippen molar-refractivity contribution >= 4 is 5.82 Å². The molecule has 106 valence electrons. The number of hydrogen-bond donors (Lipinski definition) is 1. The Morgan fingerprint density at radius 1 is 1.20 bits per heavy atom. The lowest BCUT2D eigenvalue weighted by molar-refractivity contribution is -0.0527. The van der Waals surface area contributed by atoms with Gasteiger partial charge in [-0.3, -0.25) is 0 Å². The fraction of sp³-hybridized carbons (Fsp3) is 0.500. The molecule has 1 aliphatic rings. The van der Waals surface area contributed by atoms with E-state index in [9.17, 15) is 0 Å². The van der Waals surface area contributed by atoms with E-state index in [2.05, 4.69) is 15.1 Å². The van der Waals surface area contributed by atoms with Crippen molar-refractivity contribution in [3.05, 3.63) is 24.0 Å². The van der Waals surface area contributed by atoms with Gasteiger partial charge in [0.25, 0.3) is 5.89 Å². The highest BCUT2D eigenvalue weighted by atomic mass is 16.5. The largest absolute Gasteiger partial charge is 0.384 e. The van der Waals surface area contributed by atoms with Crippen LogP contribution in [0.5, 0.6) is 0 Å². The minimum atomic E-state index is -0.416. The maximum Gasteiger partial charge on any atom is 0.276 e. The molecule has 3 rings (SSSR count). The predicted molar refractivity (Wildman–Crippen MR) is 73.7 cm³/mol. The summed E-state index contributed by atoms with van der Waals surface area (Å²) in [4.78, 5) is 8.66. The molecule has 2 aromatic rings. The summed E-state index contributed by atoms with van der Waals surface area (Å²) in [5, 5.41) is 4.10. The number of nitrogens with two attached hydrogens (primary N) is 1. The van der Waals surface area contributed by atoms with Gasteiger partial charge in [-0.1, -0.05) is 30.5 Å². The SMILES string of the molecule is COC1(c2noc(-c3cccc(N)n3)n2)CCCCC1. The summed E-state index contributed by atoms with van der Waals surface area (Å²) in [5.41, 5.74) is 5.84. The molecule has 0 unspecified atom stereocenters. The van der Waals surface area contributed by atoms with E-state index in [0.717, 1.165) is 25.7 Å². The number of anilines is 1. The standard InChI is InChI=1S/C14H18N4O2/c1-19-14(8-3-2-4-9-14)13-17-12(20-18-13)10-6-5-7-11(15)16-10/h5-7H,2-4,8-9H2,1H3,(H2,15,16). The Bertz CT molecular complexity index is 590. The van der Waals surface area contributed by atoms with Crippen molar-refractivity contribution in [2.75, 3.05) is 12.8 Å². The second-order valence-electron chi connectivity index (χ2n) is 5.13. The van der Waals surface area contributed by atoms with Crippen molar-refractivity contribution in [2.45, 2.75) is 37.7 Å². The zero-order valence-corrected chi connectivity index (χ0v) is 11.5. The Labute approximate surface area is 117 Å². The number of nitrogens with zero attached hydrogens (tertiary/aromatic N) is 3. The lowest BCUT2D eigenvalue weighted by atomic mass is 9.84. The molecule has 0 aromatic carbocycles. The van der Waals surface area contributed by atoms with Gasteiger partial charge in [-0.25, -0.2) is 4.98 Å². The van der Waals surface area contributed by atoms with E-state index in [1.807, 2.05) is 6.07 Å². The summed E-state index contributed by atoms with van der Waals surface area (Å²) >= 11 is 0. The van der Waals surface area contributed by atoms with E-state index < -0.39 is 5.60 Å². The summed E-state index contributed by atoms with van der Waals surface area (Å²) in [7, 11) is 1.71. The smallest absolute Gasteiger partial charge is 0.276 e. The number of pyridine rings is 1. The van der Waals surface area contributed by atoms with Gasteiger partial charge in [0.15, 0.2) is 0 Å². The zero-order chi connectivity index (χ0) is 14.0. The van der Waals surface area contributed by atoms with Crippen LogP contribution in [0.2, 0.25) is 0 Å². The summed E-state index contributed by atoms with van der Waals surface area (Å²) in [5.74, 6) is 1.43. The highest BCUT2D eigenvalue weighted by Gasteiger charge is 2.38. The Kier molecular flexibility index (Phi) is 3.40. The molecule has 0 spiro atoms. The van der Waals surface area contributed by atoms with Gasteiger partial charge in [-0.15, -0.1) is 0 Å². The highest BCUT2D eigenvalue weighted by Crippen LogP contribution is 2.39. The molecule has 0 aliphatic heterocycles. The molecule has 6 heteroatoms. The topological polar surface area (TPSA) is 87.1 Å². The van der Waals surface area contributed by atoms with E-state index in [4.69, 9.17) is 15.0 Å². The van der Waals surface area contributed by atoms with Gasteiger partial charge in [0, 0.05) is 7.11 Å². The molecule has 0 atom stereocenters. The van der Waals surface area contributed by atoms with Crippen molar-refractivity contribution in [2.24, 2.45) is 0 Å². The number of hydrogen-bond acceptors (Lipinski definition) is 6. The minimum absolute atomic E-state index is 0.384. The van der Waals surface area contributed by atoms with Crippen molar-refractivity contribution in [3.8, 4) is 11.6 Å². The number of nitrogen functional groups attached to an aromatic ring is 1. The van der Waals surface area contributed by atoms with Crippen molar-refractivity contribution in [1.82, 2.24) is 15.1 Å². The average molecular weight is 274 g/mol. The first-order valence-electron chi connectivity index (χ1n) is 6.86. The van der Waals surface area contributed by atoms with Crippen molar-refractivity contribution in [1.29, 1.82) is 0 Å². The average Bonchev–Trinajstić information content (AvgIpc) is 2.98. The van der Waals surface area contributed by atoms with Crippen molar-refractivity contribution in [3.63, 3.8) is 0 Å². The van der Waals surface area contributed by atoms with Gasteiger partial charge in [0.05, 0.1) is 0 Å². The quantitative estimate of drug-likeness (QED) is 0.925. The molecule has 0 radical (unpaired) electrons. The Morgan fingerprint density at radius 2 is 2.00 bits per heavy atom. The van der Waals surface area contributed by atoms with E-state index in [1.165, 1.54) is 6.42 Å². The first-order valence-corrected chi connectivity index (χ1v) is 6.86. The van der Waals surface area contributed by atoms with Gasteiger partial charge >= 0.3 is 0 Å². The van der Waals surface area contributed by atoms with Crippen LogP contribution in [0.4, 0.5) is 5.82 Å². The molecule has 2 N–H and O–H groups in total. The third-order valence-corrected chi connectivity index (χ3v) is 3.88. The van der Waals surface area contributed by atoms with Crippen LogP contribution in [0, 0.1) is 0 Å². The van der Waals surface area contributed by atoms with Gasteiger partial charge in [-0.2, -0.15) is 4.98 Å². The molecule has 1 fully saturated rings. The van der Waals surface area contributed by atoms with Crippen LogP contribution in [0.15, 0.2) is 22.7 Å². The Morgan fingerprint density at radius 3 is 2.70 bits per heavy atom. The Balaban J connectivity index is 1.93. The summed E-state index contributed by atoms with van der Waals surface area (Å²) < 4.78 is 11.0. The maximum atomic E-state index is 5.71. The molecular formula is C14H18N4O2. The van der Waals surface area contributed by atoms with Crippen LogP contribution in [0.3, 0.4) is 0 Å². The normalized spacial score (nSPS) is 18.1. The lowest BCUT2D eigenvalue weighted by Crippen LogP contribution is -2.32. The second kappa shape index (κ2) is 5.20. The van der Waals surface area contributed by atoms with Crippen LogP contribution in [-0.2, 0) is 10.3 Å². The van der Waals surface area contributed by atoms with E-state index in [1.54, 1.807) is 19.2 Å². The minimum Gasteiger partial charge on any atom is -0.384 e. The van der Waals surface area contributed by atoms with E-state index in [0.29, 0.717) is 23.2 Å². The van der Waals surface area contributed by atoms with Gasteiger partial charge in [0.1, 0.15) is 17.1 Å². The molecule has 0 saturated heterocycles. The molecule has 20 heavy (non-hydrogen) atoms. The highest BCUT2D eigenvalue weighted by molar-refractivity contribution is 5.50. The monoisotopic (exact) mass is 274 g/mol. The van der Waals surface area contributed by atoms with E-state index >= 15 is 0 Å². The molecule has 1 aliphatic carbocycles. The van der Waals surface area contributed by atoms with Gasteiger partial charge in [0.2, 0.25) is 5.82 Å². The molecular weight excluding hydrogens is 256 g/mol. The van der Waals surface area contributed by atoms with Crippen LogP contribution >= 0.6 is 0 Å². The third-order valence-electron chi connectivity index (χ3n) is 3.88. The second-order valence-corrected chi connectivity index (χ2v) is 5.13. The number of ether oxygens (including phenoxy) is 1. The van der Waals surface area contributed by atoms with E-state index in [-0.39, 0.29) is 0 Å². The molecule has 1 saturated carbocycles. The predicted octanol–water partition coefficient (Wildman–Crippen LogP) is 2.52. The molecule has 6 nitrogen and oxygen atoms in total. The fourth-order valence-corrected chi connectivity index (χ4v) is 2.73. The molecule has 2 aromatic heterocycles. The summed E-state index contributed by atoms with van der Waals surface area (Å²) in [6.07, 6.45) is 5.31. The number of rotatable bonds is 3. The van der Waals surface area contributed by atoms with Crippen LogP contribution in [0.1, 0.15) is 37.9 Å². The number of aromatic nitrogens is 3. The number of methoxy groups -OCH3 is 1. The van der Waals surface area contributed by atoms with Crippen LogP contribution in [0.25, 0.3) is 11.6 Å². The first kappa shape index (κ1) is 13.1. The molecule has 0 amide bonds.